The number of hydrogen-bond acceptors (Lipinski definition) is 2. The van der Waals surface area contributed by atoms with Gasteiger partial charge in [0.15, 0.2) is 0 Å². The Morgan fingerprint density at radius 1 is 1.28 bits per heavy atom. The van der Waals surface area contributed by atoms with Gasteiger partial charge in [-0.1, -0.05) is 38.0 Å². The zero-order chi connectivity index (χ0) is 14.0. The van der Waals surface area contributed by atoms with Crippen LogP contribution in [0.15, 0.2) is 24.3 Å². The standard InChI is InChI=1S/C7H8FNO2S.C5H11Cl/c8-7-4-2-1-3-6(7)5-12(9,10)11;1-2-3-4-5-6/h1-4H,5H2,(H2,9,10,11);2-5H2,1H3. The van der Waals surface area contributed by atoms with Crippen molar-refractivity contribution in [3.05, 3.63) is 35.6 Å². The number of halogens is 2. The third kappa shape index (κ3) is 9.39. The molecule has 104 valence electrons. The van der Waals surface area contributed by atoms with Gasteiger partial charge in [0.1, 0.15) is 5.82 Å². The van der Waals surface area contributed by atoms with Crippen molar-refractivity contribution in [2.24, 2.45) is 5.14 Å². The minimum atomic E-state index is -3.64. The Balaban J connectivity index is 0.000000411. The number of nitrogens with two attached hydrogens (primary N) is 1. The van der Waals surface area contributed by atoms with Gasteiger partial charge in [0.2, 0.25) is 10.0 Å². The Labute approximate surface area is 113 Å². The molecule has 6 heteroatoms. The van der Waals surface area contributed by atoms with Crippen LogP contribution in [0.25, 0.3) is 0 Å². The maximum absolute atomic E-state index is 12.8. The van der Waals surface area contributed by atoms with Gasteiger partial charge in [0.05, 0.1) is 5.75 Å². The van der Waals surface area contributed by atoms with Gasteiger partial charge in [-0.2, -0.15) is 0 Å². The van der Waals surface area contributed by atoms with E-state index < -0.39 is 21.6 Å². The number of primary sulfonamides is 1. The molecule has 3 nitrogen and oxygen atoms in total. The average molecular weight is 296 g/mol. The molecular weight excluding hydrogens is 277 g/mol. The molecule has 1 rings (SSSR count). The van der Waals surface area contributed by atoms with Crippen LogP contribution in [0.3, 0.4) is 0 Å². The van der Waals surface area contributed by atoms with E-state index in [4.69, 9.17) is 16.7 Å². The topological polar surface area (TPSA) is 60.2 Å². The maximum atomic E-state index is 12.8. The lowest BCUT2D eigenvalue weighted by Crippen LogP contribution is -2.15. The molecule has 1 aromatic carbocycles. The highest BCUT2D eigenvalue weighted by atomic mass is 35.5. The number of benzene rings is 1. The lowest BCUT2D eigenvalue weighted by Gasteiger charge is -1.99. The van der Waals surface area contributed by atoms with Gasteiger partial charge in [0.25, 0.3) is 0 Å². The minimum absolute atomic E-state index is 0.0972. The molecule has 18 heavy (non-hydrogen) atoms. The fourth-order valence-electron chi connectivity index (χ4n) is 1.18. The second-order valence-corrected chi connectivity index (χ2v) is 5.79. The second-order valence-electron chi connectivity index (χ2n) is 3.79. The average Bonchev–Trinajstić information content (AvgIpc) is 2.29. The highest BCUT2D eigenvalue weighted by molar-refractivity contribution is 7.88. The Morgan fingerprint density at radius 2 is 1.89 bits per heavy atom. The first kappa shape index (κ1) is 17.4. The van der Waals surface area contributed by atoms with Crippen molar-refractivity contribution in [1.82, 2.24) is 0 Å². The molecule has 0 atom stereocenters. The van der Waals surface area contributed by atoms with Crippen LogP contribution >= 0.6 is 11.6 Å². The van der Waals surface area contributed by atoms with Crippen molar-refractivity contribution in [2.75, 3.05) is 5.88 Å². The molecule has 0 radical (unpaired) electrons. The molecule has 0 aliphatic carbocycles. The molecule has 0 heterocycles. The van der Waals surface area contributed by atoms with E-state index in [0.29, 0.717) is 0 Å². The number of alkyl halides is 1. The summed E-state index contributed by atoms with van der Waals surface area (Å²) in [6, 6.07) is 5.63. The SMILES string of the molecule is CCCCCCl.NS(=O)(=O)Cc1ccccc1F. The van der Waals surface area contributed by atoms with Gasteiger partial charge >= 0.3 is 0 Å². The van der Waals surface area contributed by atoms with Crippen LogP contribution in [-0.2, 0) is 15.8 Å². The predicted molar refractivity (Wildman–Crippen MR) is 73.5 cm³/mol. The molecule has 1 aromatic rings. The van der Waals surface area contributed by atoms with Crippen molar-refractivity contribution in [1.29, 1.82) is 0 Å². The molecule has 0 bridgehead atoms. The Hall–Kier alpha value is -0.650. The van der Waals surface area contributed by atoms with Gasteiger partial charge in [0, 0.05) is 11.4 Å². The van der Waals surface area contributed by atoms with Crippen LogP contribution in [0.1, 0.15) is 31.7 Å². The largest absolute Gasteiger partial charge is 0.228 e. The monoisotopic (exact) mass is 295 g/mol. The fourth-order valence-corrected chi connectivity index (χ4v) is 2.03. The quantitative estimate of drug-likeness (QED) is 0.670. The second kappa shape index (κ2) is 9.30. The third-order valence-corrected chi connectivity index (χ3v) is 3.03. The molecule has 2 N–H and O–H groups in total. The molecular formula is C12H19ClFNO2S. The molecule has 0 aliphatic rings. The van der Waals surface area contributed by atoms with Crippen molar-refractivity contribution in [3.63, 3.8) is 0 Å². The van der Waals surface area contributed by atoms with Gasteiger partial charge in [-0.15, -0.1) is 11.6 Å². The molecule has 0 saturated carbocycles. The van der Waals surface area contributed by atoms with E-state index in [2.05, 4.69) is 6.92 Å². The Kier molecular flexibility index (Phi) is 8.97. The summed E-state index contributed by atoms with van der Waals surface area (Å²) < 4.78 is 33.9. The summed E-state index contributed by atoms with van der Waals surface area (Å²) in [5.41, 5.74) is 0.0972. The fraction of sp³-hybridized carbons (Fsp3) is 0.500. The zero-order valence-corrected chi connectivity index (χ0v) is 12.0. The van der Waals surface area contributed by atoms with Crippen molar-refractivity contribution in [2.45, 2.75) is 31.9 Å². The molecule has 0 aliphatic heterocycles. The highest BCUT2D eigenvalue weighted by Crippen LogP contribution is 2.08. The molecule has 0 spiro atoms. The van der Waals surface area contributed by atoms with Crippen LogP contribution in [-0.4, -0.2) is 14.3 Å². The zero-order valence-electron chi connectivity index (χ0n) is 10.4. The van der Waals surface area contributed by atoms with Gasteiger partial charge < -0.3 is 0 Å². The summed E-state index contributed by atoms with van der Waals surface area (Å²) in [5.74, 6) is -0.181. The summed E-state index contributed by atoms with van der Waals surface area (Å²) >= 11 is 5.38. The van der Waals surface area contributed by atoms with Crippen LogP contribution in [0.5, 0.6) is 0 Å². The van der Waals surface area contributed by atoms with E-state index in [9.17, 15) is 12.8 Å². The van der Waals surface area contributed by atoms with Crippen molar-refractivity contribution >= 4 is 21.6 Å². The van der Waals surface area contributed by atoms with E-state index in [1.165, 1.54) is 37.5 Å². The van der Waals surface area contributed by atoms with Gasteiger partial charge in [-0.25, -0.2) is 17.9 Å². The van der Waals surface area contributed by atoms with E-state index in [0.717, 1.165) is 5.88 Å². The summed E-state index contributed by atoms with van der Waals surface area (Å²) in [6.45, 7) is 2.17. The van der Waals surface area contributed by atoms with Crippen LogP contribution in [0, 0.1) is 5.82 Å². The lowest BCUT2D eigenvalue weighted by molar-refractivity contribution is 0.588. The first-order valence-electron chi connectivity index (χ1n) is 5.70. The molecule has 0 fully saturated rings. The van der Waals surface area contributed by atoms with E-state index in [1.807, 2.05) is 0 Å². The smallest absolute Gasteiger partial charge is 0.213 e. The van der Waals surface area contributed by atoms with Crippen LogP contribution in [0.2, 0.25) is 0 Å². The number of hydrogen-bond donors (Lipinski definition) is 1. The molecule has 0 aromatic heterocycles. The van der Waals surface area contributed by atoms with Crippen molar-refractivity contribution < 1.29 is 12.8 Å². The van der Waals surface area contributed by atoms with Crippen LogP contribution < -0.4 is 5.14 Å². The third-order valence-electron chi connectivity index (χ3n) is 2.05. The Morgan fingerprint density at radius 3 is 2.28 bits per heavy atom. The molecule has 0 amide bonds. The lowest BCUT2D eigenvalue weighted by atomic mass is 10.2. The summed E-state index contributed by atoms with van der Waals surface area (Å²) in [5, 5.41) is 4.74. The number of unbranched alkanes of at least 4 members (excludes halogenated alkanes) is 2. The minimum Gasteiger partial charge on any atom is -0.228 e. The molecule has 0 saturated heterocycles. The first-order chi connectivity index (χ1) is 8.40. The van der Waals surface area contributed by atoms with E-state index in [1.54, 1.807) is 6.07 Å². The van der Waals surface area contributed by atoms with E-state index >= 15 is 0 Å². The maximum Gasteiger partial charge on any atom is 0.213 e. The normalized spacial score (nSPS) is 10.7. The number of rotatable bonds is 5. The first-order valence-corrected chi connectivity index (χ1v) is 7.95. The van der Waals surface area contributed by atoms with Gasteiger partial charge in [-0.3, -0.25) is 0 Å². The van der Waals surface area contributed by atoms with Gasteiger partial charge in [-0.05, 0) is 12.5 Å². The van der Waals surface area contributed by atoms with Crippen LogP contribution in [0.4, 0.5) is 4.39 Å². The van der Waals surface area contributed by atoms with E-state index in [-0.39, 0.29) is 5.56 Å². The highest BCUT2D eigenvalue weighted by Gasteiger charge is 2.08. The predicted octanol–water partition coefficient (Wildman–Crippen LogP) is 3.03. The summed E-state index contributed by atoms with van der Waals surface area (Å²) in [7, 11) is -3.64. The summed E-state index contributed by atoms with van der Waals surface area (Å²) in [4.78, 5) is 0. The summed E-state index contributed by atoms with van der Waals surface area (Å²) in [6.07, 6.45) is 3.73. The molecule has 0 unspecified atom stereocenters. The van der Waals surface area contributed by atoms with Crippen molar-refractivity contribution in [3.8, 4) is 0 Å². The Bertz CT molecular complexity index is 433. The number of sulfonamides is 1.